The molecule has 9 heteroatoms. The van der Waals surface area contributed by atoms with Crippen LogP contribution in [0.3, 0.4) is 0 Å². The number of hydrogen-bond acceptors (Lipinski definition) is 6. The van der Waals surface area contributed by atoms with Gasteiger partial charge < -0.3 is 14.4 Å². The van der Waals surface area contributed by atoms with Gasteiger partial charge in [0, 0.05) is 25.7 Å². The third-order valence-electron chi connectivity index (χ3n) is 6.04. The monoisotopic (exact) mass is 461 g/mol. The molecule has 2 aromatic heterocycles. The summed E-state index contributed by atoms with van der Waals surface area (Å²) < 4.78 is 2.10. The molecular formula is C25H31N7O2. The Hall–Kier alpha value is -3.59. The van der Waals surface area contributed by atoms with Crippen LogP contribution in [-0.4, -0.2) is 75.1 Å². The van der Waals surface area contributed by atoms with E-state index < -0.39 is 0 Å². The number of nitrogens with one attached hydrogen (secondary N) is 1. The van der Waals surface area contributed by atoms with Gasteiger partial charge in [-0.3, -0.25) is 14.9 Å². The van der Waals surface area contributed by atoms with E-state index in [0.717, 1.165) is 42.4 Å². The van der Waals surface area contributed by atoms with Gasteiger partial charge in [0.05, 0.1) is 35.0 Å². The summed E-state index contributed by atoms with van der Waals surface area (Å²) in [5.74, 6) is 0.203. The van der Waals surface area contributed by atoms with Gasteiger partial charge in [-0.1, -0.05) is 18.2 Å². The van der Waals surface area contributed by atoms with E-state index in [1.165, 1.54) is 12.4 Å². The third kappa shape index (κ3) is 5.31. The first-order chi connectivity index (χ1) is 16.4. The highest BCUT2D eigenvalue weighted by Crippen LogP contribution is 2.32. The number of likely N-dealkylation sites (N-methyl/N-ethyl adjacent to an activating group) is 1. The number of likely N-dealkylation sites (tertiary alicyclic amines) is 1. The van der Waals surface area contributed by atoms with Crippen molar-refractivity contribution < 1.29 is 9.59 Å². The first-order valence-electron chi connectivity index (χ1n) is 11.6. The fourth-order valence-electron chi connectivity index (χ4n) is 4.36. The lowest BCUT2D eigenvalue weighted by Gasteiger charge is -2.26. The number of benzene rings is 1. The molecular weight excluding hydrogens is 430 g/mol. The predicted octanol–water partition coefficient (Wildman–Crippen LogP) is 3.06. The summed E-state index contributed by atoms with van der Waals surface area (Å²) >= 11 is 0. The molecule has 3 heterocycles. The second-order valence-corrected chi connectivity index (χ2v) is 8.93. The van der Waals surface area contributed by atoms with E-state index in [1.54, 1.807) is 12.1 Å². The van der Waals surface area contributed by atoms with Gasteiger partial charge >= 0.3 is 0 Å². The molecule has 1 aliphatic heterocycles. The largest absolute Gasteiger partial charge is 0.337 e. The lowest BCUT2D eigenvalue weighted by atomic mass is 10.1. The van der Waals surface area contributed by atoms with Crippen LogP contribution in [0.1, 0.15) is 41.2 Å². The van der Waals surface area contributed by atoms with Crippen LogP contribution in [0.4, 0.5) is 5.95 Å². The topological polar surface area (TPSA) is 96.3 Å². The molecule has 0 spiro atoms. The summed E-state index contributed by atoms with van der Waals surface area (Å²) in [6, 6.07) is 7.57. The van der Waals surface area contributed by atoms with Crippen molar-refractivity contribution in [1.29, 1.82) is 0 Å². The number of nitrogens with zero attached hydrogens (tertiary/aromatic N) is 6. The first-order valence-corrected chi connectivity index (χ1v) is 11.6. The van der Waals surface area contributed by atoms with E-state index in [1.807, 2.05) is 55.1 Å². The van der Waals surface area contributed by atoms with Crippen LogP contribution in [0.5, 0.6) is 0 Å². The maximum absolute atomic E-state index is 12.9. The van der Waals surface area contributed by atoms with Gasteiger partial charge in [0.1, 0.15) is 0 Å². The van der Waals surface area contributed by atoms with Crippen LogP contribution in [0.2, 0.25) is 0 Å². The highest BCUT2D eigenvalue weighted by Gasteiger charge is 2.27. The number of rotatable bonds is 6. The van der Waals surface area contributed by atoms with E-state index in [0.29, 0.717) is 24.6 Å². The average Bonchev–Trinajstić information content (AvgIpc) is 3.01. The molecule has 1 saturated heterocycles. The minimum Gasteiger partial charge on any atom is -0.337 e. The number of carbonyl (C=O) groups excluding carboxylic acids is 2. The number of hydrogen-bond donors (Lipinski definition) is 1. The van der Waals surface area contributed by atoms with E-state index in [-0.39, 0.29) is 17.9 Å². The Morgan fingerprint density at radius 2 is 2.06 bits per heavy atom. The number of imidazole rings is 1. The molecule has 9 nitrogen and oxygen atoms in total. The Labute approximate surface area is 199 Å². The zero-order chi connectivity index (χ0) is 24.1. The molecule has 0 bridgehead atoms. The fraction of sp³-hybridized carbons (Fsp3) is 0.400. The van der Waals surface area contributed by atoms with Crippen molar-refractivity contribution in [2.24, 2.45) is 0 Å². The quantitative estimate of drug-likeness (QED) is 0.567. The Balaban J connectivity index is 1.67. The molecule has 0 aliphatic carbocycles. The summed E-state index contributed by atoms with van der Waals surface area (Å²) in [5.41, 5.74) is 3.28. The Morgan fingerprint density at radius 3 is 2.82 bits per heavy atom. The second kappa shape index (κ2) is 10.6. The molecule has 4 rings (SSSR count). The lowest BCUT2D eigenvalue weighted by molar-refractivity contribution is -0.126. The van der Waals surface area contributed by atoms with Gasteiger partial charge in [-0.2, -0.15) is 10.2 Å². The fourth-order valence-corrected chi connectivity index (χ4v) is 4.36. The summed E-state index contributed by atoms with van der Waals surface area (Å²) in [7, 11) is 3.95. The Bertz CT molecular complexity index is 1190. The Morgan fingerprint density at radius 1 is 1.21 bits per heavy atom. The zero-order valence-electron chi connectivity index (χ0n) is 19.9. The number of aromatic nitrogens is 4. The molecule has 2 amide bonds. The number of fused-ring (bicyclic) bond motifs is 1. The first kappa shape index (κ1) is 23.6. The molecule has 1 N–H and O–H groups in total. The van der Waals surface area contributed by atoms with Crippen molar-refractivity contribution in [2.45, 2.75) is 32.2 Å². The van der Waals surface area contributed by atoms with Crippen molar-refractivity contribution in [3.05, 3.63) is 59.9 Å². The Kier molecular flexibility index (Phi) is 7.32. The van der Waals surface area contributed by atoms with Crippen molar-refractivity contribution in [1.82, 2.24) is 29.5 Å². The minimum atomic E-state index is -0.294. The number of amides is 2. The standard InChI is InChI=1S/C25H31N7O2/c1-18-8-6-10-21-23(18)32(25(28-21)29-24(34)19-12-13-26-27-16-19)20-9-4-5-15-31(17-20)22(33)11-7-14-30(2)3/h6-8,10-13,16,20H,4-5,9,14-15,17H2,1-3H3,(H,28,29,34)/b11-7+. The smallest absolute Gasteiger partial charge is 0.259 e. The maximum atomic E-state index is 12.9. The lowest BCUT2D eigenvalue weighted by Crippen LogP contribution is -2.35. The third-order valence-corrected chi connectivity index (χ3v) is 6.04. The number of para-hydroxylation sites is 1. The molecule has 3 aromatic rings. The van der Waals surface area contributed by atoms with E-state index >= 15 is 0 Å². The van der Waals surface area contributed by atoms with Crippen molar-refractivity contribution in [3.8, 4) is 0 Å². The van der Waals surface area contributed by atoms with Crippen molar-refractivity contribution >= 4 is 28.8 Å². The molecule has 1 atom stereocenters. The average molecular weight is 462 g/mol. The minimum absolute atomic E-state index is 0.00864. The van der Waals surface area contributed by atoms with Crippen LogP contribution in [0.15, 0.2) is 48.8 Å². The van der Waals surface area contributed by atoms with Gasteiger partial charge in [0.2, 0.25) is 11.9 Å². The molecule has 178 valence electrons. The SMILES string of the molecule is Cc1cccc2nc(NC(=O)c3ccnnc3)n(C3CCCCN(C(=O)/C=C/CN(C)C)C3)c12. The van der Waals surface area contributed by atoms with Gasteiger partial charge in [-0.15, -0.1) is 0 Å². The molecule has 0 saturated carbocycles. The zero-order valence-corrected chi connectivity index (χ0v) is 19.9. The second-order valence-electron chi connectivity index (χ2n) is 8.93. The van der Waals surface area contributed by atoms with Gasteiger partial charge in [-0.05, 0) is 58.0 Å². The summed E-state index contributed by atoms with van der Waals surface area (Å²) in [6.45, 7) is 4.04. The van der Waals surface area contributed by atoms with Gasteiger partial charge in [0.25, 0.3) is 5.91 Å². The highest BCUT2D eigenvalue weighted by atomic mass is 16.2. The van der Waals surface area contributed by atoms with Crippen LogP contribution in [0.25, 0.3) is 11.0 Å². The molecule has 1 aromatic carbocycles. The normalized spacial score (nSPS) is 16.8. The van der Waals surface area contributed by atoms with E-state index in [4.69, 9.17) is 4.98 Å². The number of anilines is 1. The van der Waals surface area contributed by atoms with Crippen LogP contribution >= 0.6 is 0 Å². The molecule has 1 unspecified atom stereocenters. The van der Waals surface area contributed by atoms with Crippen molar-refractivity contribution in [2.75, 3.05) is 39.0 Å². The van der Waals surface area contributed by atoms with Gasteiger partial charge in [-0.25, -0.2) is 4.98 Å². The van der Waals surface area contributed by atoms with E-state index in [2.05, 4.69) is 20.1 Å². The number of aryl methyl sites for hydroxylation is 1. The summed E-state index contributed by atoms with van der Waals surface area (Å²) in [5, 5.41) is 10.5. The summed E-state index contributed by atoms with van der Waals surface area (Å²) in [6.07, 6.45) is 9.31. The van der Waals surface area contributed by atoms with Crippen molar-refractivity contribution in [3.63, 3.8) is 0 Å². The maximum Gasteiger partial charge on any atom is 0.259 e. The van der Waals surface area contributed by atoms with Gasteiger partial charge in [0.15, 0.2) is 0 Å². The van der Waals surface area contributed by atoms with E-state index in [9.17, 15) is 9.59 Å². The highest BCUT2D eigenvalue weighted by molar-refractivity contribution is 6.04. The number of carbonyl (C=O) groups is 2. The molecule has 0 radical (unpaired) electrons. The molecule has 1 fully saturated rings. The van der Waals surface area contributed by atoms with Crippen LogP contribution < -0.4 is 5.32 Å². The van der Waals surface area contributed by atoms with Crippen LogP contribution in [0, 0.1) is 6.92 Å². The molecule has 34 heavy (non-hydrogen) atoms. The summed E-state index contributed by atoms with van der Waals surface area (Å²) in [4.78, 5) is 34.5. The predicted molar refractivity (Wildman–Crippen MR) is 132 cm³/mol. The van der Waals surface area contributed by atoms with Crippen LogP contribution in [-0.2, 0) is 4.79 Å². The molecule has 1 aliphatic rings.